The molecular weight excluding hydrogens is 360 g/mol. The molecule has 1 saturated carbocycles. The summed E-state index contributed by atoms with van der Waals surface area (Å²) in [5.41, 5.74) is 12.4. The molecule has 0 radical (unpaired) electrons. The lowest BCUT2D eigenvalue weighted by molar-refractivity contribution is 0.265. The number of fused-ring (bicyclic) bond motifs is 10. The van der Waals surface area contributed by atoms with Crippen molar-refractivity contribution >= 4 is 0 Å². The largest absolute Gasteiger partial charge is 0.0619 e. The van der Waals surface area contributed by atoms with E-state index in [0.717, 1.165) is 0 Å². The van der Waals surface area contributed by atoms with E-state index in [0.29, 0.717) is 0 Å². The molecule has 144 valence electrons. The van der Waals surface area contributed by atoms with E-state index in [4.69, 9.17) is 0 Å². The van der Waals surface area contributed by atoms with E-state index in [1.807, 2.05) is 0 Å². The molecule has 1 fully saturated rings. The summed E-state index contributed by atoms with van der Waals surface area (Å²) in [5.74, 6) is 0. The van der Waals surface area contributed by atoms with Crippen LogP contribution in [0.15, 0.2) is 97.1 Å². The van der Waals surface area contributed by atoms with E-state index in [1.165, 1.54) is 47.9 Å². The van der Waals surface area contributed by atoms with Gasteiger partial charge in [0.25, 0.3) is 0 Å². The van der Waals surface area contributed by atoms with E-state index >= 15 is 0 Å². The Morgan fingerprint density at radius 3 is 0.833 bits per heavy atom. The van der Waals surface area contributed by atoms with Crippen LogP contribution in [0, 0.1) is 0 Å². The van der Waals surface area contributed by atoms with Gasteiger partial charge in [-0.15, -0.1) is 0 Å². The van der Waals surface area contributed by atoms with Gasteiger partial charge in [0.1, 0.15) is 0 Å². The van der Waals surface area contributed by atoms with Crippen LogP contribution in [-0.2, 0) is 10.8 Å². The second-order valence-corrected chi connectivity index (χ2v) is 9.35. The molecule has 30 heavy (non-hydrogen) atoms. The number of hydrogen-bond acceptors (Lipinski definition) is 0. The Labute approximate surface area is 178 Å². The molecule has 0 atom stereocenters. The molecule has 3 aliphatic rings. The first kappa shape index (κ1) is 16.7. The molecule has 0 N–H and O–H groups in total. The first-order chi connectivity index (χ1) is 14.8. The summed E-state index contributed by atoms with van der Waals surface area (Å²) in [6, 6.07) is 36.6. The van der Waals surface area contributed by atoms with Crippen LogP contribution in [0.5, 0.6) is 0 Å². The van der Waals surface area contributed by atoms with Crippen LogP contribution < -0.4 is 0 Å². The SMILES string of the molecule is c1ccc2c(c1)-c1ccccc1C21CCC2(CC1)c1ccccc1-c1ccccc12. The predicted octanol–water partition coefficient (Wildman–Crippen LogP) is 7.49. The van der Waals surface area contributed by atoms with Gasteiger partial charge in [-0.2, -0.15) is 0 Å². The van der Waals surface area contributed by atoms with Crippen molar-refractivity contribution in [3.05, 3.63) is 119 Å². The molecule has 0 heterocycles. The highest BCUT2D eigenvalue weighted by atomic mass is 14.5. The van der Waals surface area contributed by atoms with E-state index in [2.05, 4.69) is 97.1 Å². The van der Waals surface area contributed by atoms with Crippen LogP contribution >= 0.6 is 0 Å². The average Bonchev–Trinajstić information content (AvgIpc) is 3.25. The molecule has 3 aliphatic carbocycles. The third-order valence-corrected chi connectivity index (χ3v) is 8.31. The zero-order valence-corrected chi connectivity index (χ0v) is 17.1. The summed E-state index contributed by atoms with van der Waals surface area (Å²) in [4.78, 5) is 0. The molecule has 0 amide bonds. The fraction of sp³-hybridized carbons (Fsp3) is 0.200. The van der Waals surface area contributed by atoms with Crippen molar-refractivity contribution in [2.75, 3.05) is 0 Å². The fourth-order valence-electron chi connectivity index (χ4n) is 7.01. The Hall–Kier alpha value is -3.12. The Bertz CT molecular complexity index is 1100. The maximum atomic E-state index is 2.39. The fourth-order valence-corrected chi connectivity index (χ4v) is 7.01. The quantitative estimate of drug-likeness (QED) is 0.294. The van der Waals surface area contributed by atoms with Crippen LogP contribution in [0.2, 0.25) is 0 Å². The molecule has 7 rings (SSSR count). The maximum absolute atomic E-state index is 2.39. The minimum Gasteiger partial charge on any atom is -0.0619 e. The normalized spacial score (nSPS) is 18.7. The lowest BCUT2D eigenvalue weighted by atomic mass is 9.57. The molecular formula is C30H24. The molecule has 2 spiro atoms. The zero-order chi connectivity index (χ0) is 19.8. The highest BCUT2D eigenvalue weighted by Gasteiger charge is 2.52. The molecule has 0 aliphatic heterocycles. The Kier molecular flexibility index (Phi) is 3.18. The smallest absolute Gasteiger partial charge is 0.0216 e. The van der Waals surface area contributed by atoms with Crippen molar-refractivity contribution in [3.63, 3.8) is 0 Å². The van der Waals surface area contributed by atoms with Gasteiger partial charge in [-0.25, -0.2) is 0 Å². The van der Waals surface area contributed by atoms with Crippen LogP contribution in [0.4, 0.5) is 0 Å². The van der Waals surface area contributed by atoms with Crippen molar-refractivity contribution < 1.29 is 0 Å². The van der Waals surface area contributed by atoms with E-state index in [9.17, 15) is 0 Å². The van der Waals surface area contributed by atoms with Gasteiger partial charge in [0, 0.05) is 10.8 Å². The van der Waals surface area contributed by atoms with Crippen LogP contribution in [-0.4, -0.2) is 0 Å². The maximum Gasteiger partial charge on any atom is 0.0216 e. The third kappa shape index (κ3) is 1.88. The number of benzene rings is 4. The van der Waals surface area contributed by atoms with Gasteiger partial charge < -0.3 is 0 Å². The van der Waals surface area contributed by atoms with E-state index in [1.54, 1.807) is 22.3 Å². The average molecular weight is 385 g/mol. The summed E-state index contributed by atoms with van der Waals surface area (Å²) in [5, 5.41) is 0. The number of hydrogen-bond donors (Lipinski definition) is 0. The number of rotatable bonds is 0. The van der Waals surface area contributed by atoms with Gasteiger partial charge >= 0.3 is 0 Å². The Morgan fingerprint density at radius 1 is 0.333 bits per heavy atom. The van der Waals surface area contributed by atoms with Gasteiger partial charge in [0.05, 0.1) is 0 Å². The van der Waals surface area contributed by atoms with Crippen molar-refractivity contribution in [1.82, 2.24) is 0 Å². The van der Waals surface area contributed by atoms with Gasteiger partial charge in [-0.3, -0.25) is 0 Å². The molecule has 4 aromatic carbocycles. The van der Waals surface area contributed by atoms with Crippen molar-refractivity contribution in [2.45, 2.75) is 36.5 Å². The molecule has 0 heteroatoms. The Balaban J connectivity index is 1.40. The lowest BCUT2D eigenvalue weighted by Crippen LogP contribution is -2.39. The second-order valence-electron chi connectivity index (χ2n) is 9.35. The summed E-state index contributed by atoms with van der Waals surface area (Å²) in [7, 11) is 0. The molecule has 0 nitrogen and oxygen atoms in total. The highest BCUT2D eigenvalue weighted by Crippen LogP contribution is 2.63. The standard InChI is InChI=1S/C30H24/c1-5-13-25-21(9-1)22-10-2-6-14-26(22)29(25)17-19-30(20-18-29)27-15-7-3-11-23(27)24-12-4-8-16-28(24)30/h1-16H,17-20H2. The summed E-state index contributed by atoms with van der Waals surface area (Å²) in [6.07, 6.45) is 4.85. The van der Waals surface area contributed by atoms with Crippen LogP contribution in [0.1, 0.15) is 47.9 Å². The molecule has 0 bridgehead atoms. The lowest BCUT2D eigenvalue weighted by Gasteiger charge is -2.45. The molecule has 0 unspecified atom stereocenters. The van der Waals surface area contributed by atoms with E-state index < -0.39 is 0 Å². The zero-order valence-electron chi connectivity index (χ0n) is 17.1. The summed E-state index contributed by atoms with van der Waals surface area (Å²) >= 11 is 0. The minimum absolute atomic E-state index is 0.172. The van der Waals surface area contributed by atoms with E-state index in [-0.39, 0.29) is 10.8 Å². The van der Waals surface area contributed by atoms with Crippen LogP contribution in [0.3, 0.4) is 0 Å². The summed E-state index contributed by atoms with van der Waals surface area (Å²) < 4.78 is 0. The van der Waals surface area contributed by atoms with Gasteiger partial charge in [0.15, 0.2) is 0 Å². The topological polar surface area (TPSA) is 0 Å². The van der Waals surface area contributed by atoms with Gasteiger partial charge in [-0.05, 0) is 70.2 Å². The van der Waals surface area contributed by atoms with Crippen molar-refractivity contribution in [2.24, 2.45) is 0 Å². The molecule has 0 saturated heterocycles. The van der Waals surface area contributed by atoms with Crippen molar-refractivity contribution in [1.29, 1.82) is 0 Å². The summed E-state index contributed by atoms with van der Waals surface area (Å²) in [6.45, 7) is 0. The first-order valence-corrected chi connectivity index (χ1v) is 11.2. The first-order valence-electron chi connectivity index (χ1n) is 11.2. The monoisotopic (exact) mass is 384 g/mol. The van der Waals surface area contributed by atoms with Crippen molar-refractivity contribution in [3.8, 4) is 22.3 Å². The highest BCUT2D eigenvalue weighted by molar-refractivity contribution is 5.83. The van der Waals surface area contributed by atoms with Crippen LogP contribution in [0.25, 0.3) is 22.3 Å². The molecule has 4 aromatic rings. The molecule has 0 aromatic heterocycles. The minimum atomic E-state index is 0.172. The van der Waals surface area contributed by atoms with Gasteiger partial charge in [-0.1, -0.05) is 97.1 Å². The second kappa shape index (κ2) is 5.73. The van der Waals surface area contributed by atoms with Gasteiger partial charge in [0.2, 0.25) is 0 Å². The third-order valence-electron chi connectivity index (χ3n) is 8.31. The predicted molar refractivity (Wildman–Crippen MR) is 124 cm³/mol. The Morgan fingerprint density at radius 2 is 0.567 bits per heavy atom.